The van der Waals surface area contributed by atoms with Gasteiger partial charge >= 0.3 is 12.2 Å². The largest absolute Gasteiger partial charge is 0.444 e. The van der Waals surface area contributed by atoms with E-state index in [1.165, 1.54) is 0 Å². The number of hydrogen-bond acceptors (Lipinski definition) is 8. The standard InChI is InChI=1S/C49H66N6O6Si/c1-47(2,3)60-45(57)53-24-12-14-38(53)43-50-29-37(52-43)35-21-20-34(41-36(35)28-49(42(41)56)22-10-11-23-49)32-16-18-33(19-17-32)40-30-51-44(55(40)31-59-26-27-62(7,8)9)39-15-13-25-54(39)46(58)61-48(4,5)6/h16-21,29-30,38-39H,10-15,22-28,31H2,1-9H3,(H,50,52)/t38-,39-/m0/s1. The number of aromatic nitrogens is 4. The van der Waals surface area contributed by atoms with E-state index < -0.39 is 19.3 Å². The molecule has 0 bridgehead atoms. The number of amides is 2. The predicted octanol–water partition coefficient (Wildman–Crippen LogP) is 11.4. The summed E-state index contributed by atoms with van der Waals surface area (Å²) in [6.45, 7) is 20.6. The maximum atomic E-state index is 14.7. The van der Waals surface area contributed by atoms with Crippen LogP contribution in [0.4, 0.5) is 9.59 Å². The number of fused-ring (bicyclic) bond motifs is 1. The minimum atomic E-state index is -1.31. The number of ether oxygens (including phenoxy) is 3. The van der Waals surface area contributed by atoms with Gasteiger partial charge in [0.05, 0.1) is 35.9 Å². The smallest absolute Gasteiger partial charge is 0.410 e. The van der Waals surface area contributed by atoms with Crippen molar-refractivity contribution in [3.63, 3.8) is 0 Å². The first-order valence-electron chi connectivity index (χ1n) is 22.8. The van der Waals surface area contributed by atoms with Gasteiger partial charge in [-0.25, -0.2) is 19.6 Å². The maximum absolute atomic E-state index is 14.7. The number of nitrogens with zero attached hydrogens (tertiary/aromatic N) is 5. The molecule has 12 nitrogen and oxygen atoms in total. The van der Waals surface area contributed by atoms with Crippen LogP contribution in [0.25, 0.3) is 33.6 Å². The molecule has 2 aromatic carbocycles. The van der Waals surface area contributed by atoms with Crippen molar-refractivity contribution in [3.8, 4) is 33.6 Å². The van der Waals surface area contributed by atoms with Gasteiger partial charge in [-0.15, -0.1) is 0 Å². The summed E-state index contributed by atoms with van der Waals surface area (Å²) in [7, 11) is -1.31. The van der Waals surface area contributed by atoms with Crippen LogP contribution in [0.1, 0.15) is 133 Å². The number of Topliss-reactive ketones (excluding diaryl/α,β-unsaturated/α-hetero) is 1. The van der Waals surface area contributed by atoms with E-state index in [4.69, 9.17) is 24.2 Å². The monoisotopic (exact) mass is 862 g/mol. The quantitative estimate of drug-likeness (QED) is 0.123. The molecular formula is C49H66N6O6Si. The second-order valence-corrected chi connectivity index (χ2v) is 26.8. The Labute approximate surface area is 368 Å². The van der Waals surface area contributed by atoms with Gasteiger partial charge in [-0.05, 0) is 115 Å². The predicted molar refractivity (Wildman–Crippen MR) is 244 cm³/mol. The Balaban J connectivity index is 1.11. The summed E-state index contributed by atoms with van der Waals surface area (Å²) in [6.07, 6.45) is 11.1. The summed E-state index contributed by atoms with van der Waals surface area (Å²) in [5, 5.41) is 0. The van der Waals surface area contributed by atoms with E-state index in [9.17, 15) is 14.4 Å². The molecule has 0 unspecified atom stereocenters. The number of carbonyl (C=O) groups excluding carboxylic acids is 3. The molecule has 2 aromatic heterocycles. The van der Waals surface area contributed by atoms with Crippen molar-refractivity contribution in [2.75, 3.05) is 19.7 Å². The lowest BCUT2D eigenvalue weighted by Crippen LogP contribution is -2.37. The summed E-state index contributed by atoms with van der Waals surface area (Å²) in [4.78, 5) is 58.2. The van der Waals surface area contributed by atoms with Crippen molar-refractivity contribution >= 4 is 26.0 Å². The molecule has 3 fully saturated rings. The first-order chi connectivity index (χ1) is 29.3. The third-order valence-electron chi connectivity index (χ3n) is 13.0. The van der Waals surface area contributed by atoms with Gasteiger partial charge in [0, 0.05) is 44.3 Å². The second-order valence-electron chi connectivity index (χ2n) is 21.2. The van der Waals surface area contributed by atoms with Gasteiger partial charge in [0.2, 0.25) is 0 Å². The Hall–Kier alpha value is -4.75. The highest BCUT2D eigenvalue weighted by molar-refractivity contribution is 6.76. The first kappa shape index (κ1) is 43.9. The highest BCUT2D eigenvalue weighted by Crippen LogP contribution is 2.53. The van der Waals surface area contributed by atoms with Crippen LogP contribution in [-0.4, -0.2) is 86.3 Å². The molecule has 0 radical (unpaired) electrons. The van der Waals surface area contributed by atoms with Crippen molar-refractivity contribution < 1.29 is 28.6 Å². The van der Waals surface area contributed by atoms with Gasteiger partial charge in [-0.2, -0.15) is 0 Å². The maximum Gasteiger partial charge on any atom is 0.410 e. The lowest BCUT2D eigenvalue weighted by Gasteiger charge is -2.29. The fourth-order valence-corrected chi connectivity index (χ4v) is 10.7. The zero-order valence-corrected chi connectivity index (χ0v) is 39.4. The molecule has 2 saturated heterocycles. The molecule has 2 atom stereocenters. The third-order valence-corrected chi connectivity index (χ3v) is 14.7. The summed E-state index contributed by atoms with van der Waals surface area (Å²) in [5.74, 6) is 1.79. The normalized spacial score (nSPS) is 20.1. The molecule has 8 rings (SSSR count). The number of imidazole rings is 2. The summed E-state index contributed by atoms with van der Waals surface area (Å²) in [5.41, 5.74) is 6.01. The van der Waals surface area contributed by atoms with Gasteiger partial charge in [-0.1, -0.05) is 68.9 Å². The molecule has 62 heavy (non-hydrogen) atoms. The number of benzene rings is 2. The SMILES string of the molecule is CC(C)(C)OC(=O)N1CCC[C@H]1c1ncc(-c2ccc(-c3ccc(-c4cnc([C@@H]5CCCN5C(=O)OC(C)(C)C)n4COCC[Si](C)(C)C)cc3)c3c2CC2(CCCC2)C3=O)[nH]1. The number of carbonyl (C=O) groups is 3. The molecule has 2 amide bonds. The van der Waals surface area contributed by atoms with Crippen molar-refractivity contribution in [3.05, 3.63) is 71.6 Å². The van der Waals surface area contributed by atoms with E-state index in [0.29, 0.717) is 32.8 Å². The molecule has 332 valence electrons. The van der Waals surface area contributed by atoms with E-state index in [2.05, 4.69) is 65.6 Å². The third kappa shape index (κ3) is 9.02. The van der Waals surface area contributed by atoms with E-state index in [1.54, 1.807) is 4.90 Å². The summed E-state index contributed by atoms with van der Waals surface area (Å²) in [6, 6.07) is 13.3. The lowest BCUT2D eigenvalue weighted by molar-refractivity contribution is 0.0199. The molecule has 1 saturated carbocycles. The van der Waals surface area contributed by atoms with Crippen LogP contribution < -0.4 is 0 Å². The molecule has 1 spiro atoms. The fourth-order valence-electron chi connectivity index (χ4n) is 9.91. The Morgan fingerprint density at radius 1 is 0.790 bits per heavy atom. The molecule has 4 heterocycles. The van der Waals surface area contributed by atoms with Crippen LogP contribution in [0, 0.1) is 5.41 Å². The molecule has 1 N–H and O–H groups in total. The number of nitrogens with one attached hydrogen (secondary N) is 1. The van der Waals surface area contributed by atoms with Crippen LogP contribution in [0.15, 0.2) is 48.8 Å². The van der Waals surface area contributed by atoms with Crippen molar-refractivity contribution in [2.24, 2.45) is 5.41 Å². The van der Waals surface area contributed by atoms with Crippen LogP contribution >= 0.6 is 0 Å². The fraction of sp³-hybridized carbons (Fsp3) is 0.571. The number of aromatic amines is 1. The zero-order chi connectivity index (χ0) is 44.2. The van der Waals surface area contributed by atoms with Gasteiger partial charge in [0.1, 0.15) is 29.6 Å². The van der Waals surface area contributed by atoms with Crippen LogP contribution in [0.3, 0.4) is 0 Å². The number of likely N-dealkylation sites (tertiary alicyclic amines) is 2. The van der Waals surface area contributed by atoms with E-state index in [1.807, 2.05) is 58.8 Å². The van der Waals surface area contributed by atoms with Crippen LogP contribution in [0.5, 0.6) is 0 Å². The Morgan fingerprint density at radius 3 is 2.02 bits per heavy atom. The molecular weight excluding hydrogens is 797 g/mol. The van der Waals surface area contributed by atoms with Crippen LogP contribution in [0.2, 0.25) is 25.7 Å². The van der Waals surface area contributed by atoms with E-state index in [-0.39, 0.29) is 35.5 Å². The summed E-state index contributed by atoms with van der Waals surface area (Å²) >= 11 is 0. The molecule has 2 aliphatic heterocycles. The average Bonchev–Trinajstić information content (AvgIpc) is 4.05. The van der Waals surface area contributed by atoms with Crippen molar-refractivity contribution in [1.29, 1.82) is 0 Å². The average molecular weight is 863 g/mol. The van der Waals surface area contributed by atoms with Gasteiger partial charge < -0.3 is 23.8 Å². The minimum Gasteiger partial charge on any atom is -0.444 e. The van der Waals surface area contributed by atoms with Gasteiger partial charge in [-0.3, -0.25) is 14.6 Å². The molecule has 4 aliphatic rings. The topological polar surface area (TPSA) is 132 Å². The highest BCUT2D eigenvalue weighted by Gasteiger charge is 2.49. The highest BCUT2D eigenvalue weighted by atomic mass is 28.3. The summed E-state index contributed by atoms with van der Waals surface area (Å²) < 4.78 is 20.1. The van der Waals surface area contributed by atoms with E-state index >= 15 is 0 Å². The molecule has 2 aliphatic carbocycles. The van der Waals surface area contributed by atoms with Gasteiger partial charge in [0.15, 0.2) is 5.78 Å². The Bertz CT molecular complexity index is 2310. The first-order valence-corrected chi connectivity index (χ1v) is 26.5. The lowest BCUT2D eigenvalue weighted by atomic mass is 9.81. The number of rotatable bonds is 10. The number of ketones is 1. The van der Waals surface area contributed by atoms with Crippen molar-refractivity contribution in [1.82, 2.24) is 29.3 Å². The molecule has 4 aromatic rings. The number of H-pyrrole nitrogens is 1. The van der Waals surface area contributed by atoms with E-state index in [0.717, 1.165) is 114 Å². The van der Waals surface area contributed by atoms with Gasteiger partial charge in [0.25, 0.3) is 0 Å². The van der Waals surface area contributed by atoms with Crippen LogP contribution in [-0.2, 0) is 27.4 Å². The molecule has 13 heteroatoms. The minimum absolute atomic E-state index is 0.196. The van der Waals surface area contributed by atoms with Crippen molar-refractivity contribution in [2.45, 2.75) is 155 Å². The second kappa shape index (κ2) is 16.7. The number of hydrogen-bond donors (Lipinski definition) is 1. The Morgan fingerprint density at radius 2 is 1.39 bits per heavy atom. The Kier molecular flexibility index (Phi) is 11.9. The zero-order valence-electron chi connectivity index (χ0n) is 38.4.